The fourth-order valence-corrected chi connectivity index (χ4v) is 8.27. The third-order valence-corrected chi connectivity index (χ3v) is 11.3. The standard InChI is InChI=1S/C43H50F3N7O5/c1-7-25(3)35(39(54)58-42(4,5)6)50-41(55)57-28-19-26-13-14-32(45)29(8-2)33(26)30(20-28)36-34(46)37-31(22-47-36)38(53-18-11-9-10-16-48-53)51-40(49-37)56-24-43-15-12-17-52(43)23-27(44)21-43/h2,13-14,19-20,22,25,27,35,48H,7,9-12,15-18,21,23-24H2,1,3-6H3,(H,50,55)/t25-,27+,35-,43-/m0/s1. The van der Waals surface area contributed by atoms with E-state index in [0.717, 1.165) is 38.6 Å². The van der Waals surface area contributed by atoms with E-state index in [2.05, 4.69) is 31.5 Å². The van der Waals surface area contributed by atoms with Crippen molar-refractivity contribution in [1.82, 2.24) is 30.6 Å². The maximum absolute atomic E-state index is 17.3. The van der Waals surface area contributed by atoms with Crippen LogP contribution in [0.5, 0.6) is 11.8 Å². The van der Waals surface area contributed by atoms with Gasteiger partial charge in [0.15, 0.2) is 11.6 Å². The predicted octanol–water partition coefficient (Wildman–Crippen LogP) is 7.40. The minimum Gasteiger partial charge on any atom is -0.461 e. The van der Waals surface area contributed by atoms with Crippen molar-refractivity contribution < 1.29 is 37.0 Å². The van der Waals surface area contributed by atoms with Crippen molar-refractivity contribution in [2.45, 2.75) is 103 Å². The smallest absolute Gasteiger partial charge is 0.413 e. The molecular weight excluding hydrogens is 752 g/mol. The van der Waals surface area contributed by atoms with Crippen LogP contribution in [0.1, 0.15) is 85.1 Å². The van der Waals surface area contributed by atoms with E-state index in [4.69, 9.17) is 25.6 Å². The highest BCUT2D eigenvalue weighted by Crippen LogP contribution is 2.42. The molecule has 58 heavy (non-hydrogen) atoms. The summed E-state index contributed by atoms with van der Waals surface area (Å²) >= 11 is 0. The van der Waals surface area contributed by atoms with Gasteiger partial charge in [0.05, 0.1) is 16.5 Å². The number of nitrogens with one attached hydrogen (secondary N) is 2. The van der Waals surface area contributed by atoms with Gasteiger partial charge >= 0.3 is 18.1 Å². The molecule has 0 unspecified atom stereocenters. The number of hydrogen-bond donors (Lipinski definition) is 2. The highest BCUT2D eigenvalue weighted by molar-refractivity contribution is 6.03. The molecule has 308 valence electrons. The van der Waals surface area contributed by atoms with Crippen molar-refractivity contribution >= 4 is 39.6 Å². The Morgan fingerprint density at radius 3 is 2.71 bits per heavy atom. The predicted molar refractivity (Wildman–Crippen MR) is 214 cm³/mol. The topological polar surface area (TPSA) is 131 Å². The number of pyridine rings is 1. The average molecular weight is 802 g/mol. The number of carbonyl (C=O) groups is 2. The number of hydrogen-bond acceptors (Lipinski definition) is 11. The first-order chi connectivity index (χ1) is 27.7. The van der Waals surface area contributed by atoms with Crippen LogP contribution >= 0.6 is 0 Å². The molecule has 0 bridgehead atoms. The molecule has 5 heterocycles. The summed E-state index contributed by atoms with van der Waals surface area (Å²) < 4.78 is 64.8. The van der Waals surface area contributed by atoms with Gasteiger partial charge in [-0.15, -0.1) is 6.42 Å². The molecule has 15 heteroatoms. The number of amides is 1. The van der Waals surface area contributed by atoms with Gasteiger partial charge in [-0.1, -0.05) is 38.7 Å². The summed E-state index contributed by atoms with van der Waals surface area (Å²) in [6.07, 6.45) is 10.7. The van der Waals surface area contributed by atoms with E-state index in [-0.39, 0.29) is 52.0 Å². The second-order valence-corrected chi connectivity index (χ2v) is 16.6. The molecule has 0 spiro atoms. The van der Waals surface area contributed by atoms with Crippen molar-refractivity contribution in [2.75, 3.05) is 37.8 Å². The lowest BCUT2D eigenvalue weighted by Gasteiger charge is -2.31. The summed E-state index contributed by atoms with van der Waals surface area (Å²) in [5.41, 5.74) is 1.61. The molecule has 4 atom stereocenters. The zero-order valence-electron chi connectivity index (χ0n) is 33.6. The number of carbonyl (C=O) groups excluding carboxylic acids is 2. The van der Waals surface area contributed by atoms with Crippen LogP contribution < -0.4 is 25.2 Å². The Kier molecular flexibility index (Phi) is 11.7. The van der Waals surface area contributed by atoms with Gasteiger partial charge in [0.1, 0.15) is 47.2 Å². The van der Waals surface area contributed by atoms with E-state index in [1.165, 1.54) is 30.5 Å². The first-order valence-corrected chi connectivity index (χ1v) is 20.0. The Bertz CT molecular complexity index is 2250. The van der Waals surface area contributed by atoms with E-state index < -0.39 is 47.1 Å². The number of nitrogens with zero attached hydrogens (tertiary/aromatic N) is 5. The summed E-state index contributed by atoms with van der Waals surface area (Å²) in [6.45, 7) is 11.4. The molecule has 4 aromatic rings. The normalized spacial score (nSPS) is 20.9. The van der Waals surface area contributed by atoms with Crippen LogP contribution in [-0.2, 0) is 9.53 Å². The number of rotatable bonds is 10. The van der Waals surface area contributed by atoms with E-state index in [0.29, 0.717) is 49.1 Å². The number of benzene rings is 2. The molecule has 0 aliphatic carbocycles. The van der Waals surface area contributed by atoms with Gasteiger partial charge in [-0.3, -0.25) is 14.9 Å². The molecule has 2 N–H and O–H groups in total. The molecule has 2 aromatic heterocycles. The minimum absolute atomic E-state index is 0.0359. The van der Waals surface area contributed by atoms with Gasteiger partial charge in [-0.05, 0) is 82.5 Å². The van der Waals surface area contributed by atoms with E-state index in [9.17, 15) is 14.0 Å². The van der Waals surface area contributed by atoms with Crippen molar-refractivity contribution in [2.24, 2.45) is 5.92 Å². The fourth-order valence-electron chi connectivity index (χ4n) is 8.27. The highest BCUT2D eigenvalue weighted by Gasteiger charge is 2.49. The first kappa shape index (κ1) is 41.0. The number of hydrazine groups is 1. The summed E-state index contributed by atoms with van der Waals surface area (Å²) in [5.74, 6) is 0.195. The van der Waals surface area contributed by atoms with Crippen LogP contribution in [0.4, 0.5) is 23.8 Å². The van der Waals surface area contributed by atoms with Crippen LogP contribution in [-0.4, -0.2) is 88.1 Å². The van der Waals surface area contributed by atoms with Gasteiger partial charge in [-0.2, -0.15) is 9.97 Å². The Morgan fingerprint density at radius 2 is 1.95 bits per heavy atom. The molecule has 0 radical (unpaired) electrons. The molecule has 2 aromatic carbocycles. The lowest BCUT2D eigenvalue weighted by Crippen LogP contribution is -2.48. The highest BCUT2D eigenvalue weighted by atomic mass is 19.1. The SMILES string of the molecule is C#Cc1c(F)ccc2cc(OC(=O)N[C@H](C(=O)OC(C)(C)C)[C@@H](C)CC)cc(-c3ncc4c(N5CCCCCN5)nc(OC[C@@]56CCCN5C[C@H](F)C6)nc4c3F)c12. The number of anilines is 1. The quantitative estimate of drug-likeness (QED) is 0.123. The largest absolute Gasteiger partial charge is 0.461 e. The lowest BCUT2D eigenvalue weighted by molar-refractivity contribution is -0.158. The van der Waals surface area contributed by atoms with Gasteiger partial charge in [-0.25, -0.2) is 28.2 Å². The Balaban J connectivity index is 1.31. The third-order valence-electron chi connectivity index (χ3n) is 11.3. The maximum atomic E-state index is 17.3. The van der Waals surface area contributed by atoms with Crippen LogP contribution in [0, 0.1) is 29.9 Å². The monoisotopic (exact) mass is 801 g/mol. The summed E-state index contributed by atoms with van der Waals surface area (Å²) in [4.78, 5) is 42.5. The average Bonchev–Trinajstić information content (AvgIpc) is 3.56. The second kappa shape index (κ2) is 16.6. The maximum Gasteiger partial charge on any atom is 0.413 e. The lowest BCUT2D eigenvalue weighted by atomic mass is 9.95. The van der Waals surface area contributed by atoms with Crippen LogP contribution in [0.15, 0.2) is 30.5 Å². The zero-order chi connectivity index (χ0) is 41.4. The van der Waals surface area contributed by atoms with Crippen LogP contribution in [0.2, 0.25) is 0 Å². The van der Waals surface area contributed by atoms with Gasteiger partial charge < -0.3 is 19.5 Å². The fraction of sp³-hybridized carbons (Fsp3) is 0.512. The number of fused-ring (bicyclic) bond motifs is 3. The number of terminal acetylenes is 1. The van der Waals surface area contributed by atoms with E-state index in [1.54, 1.807) is 27.7 Å². The van der Waals surface area contributed by atoms with Crippen LogP contribution in [0.25, 0.3) is 32.9 Å². The Labute approximate surface area is 336 Å². The third kappa shape index (κ3) is 8.35. The molecule has 7 rings (SSSR count). The number of alkyl halides is 1. The number of aromatic nitrogens is 3. The number of ether oxygens (including phenoxy) is 3. The zero-order valence-corrected chi connectivity index (χ0v) is 33.6. The molecule has 3 fully saturated rings. The van der Waals surface area contributed by atoms with Gasteiger partial charge in [0.2, 0.25) is 0 Å². The number of halogens is 3. The molecule has 3 aliphatic heterocycles. The second-order valence-electron chi connectivity index (χ2n) is 16.6. The number of esters is 1. The summed E-state index contributed by atoms with van der Waals surface area (Å²) in [7, 11) is 0. The van der Waals surface area contributed by atoms with Crippen LogP contribution in [0.3, 0.4) is 0 Å². The molecule has 0 saturated carbocycles. The van der Waals surface area contributed by atoms with Crippen molar-refractivity contribution in [3.63, 3.8) is 0 Å². The van der Waals surface area contributed by atoms with Crippen molar-refractivity contribution in [3.05, 3.63) is 47.7 Å². The minimum atomic E-state index is -1.02. The van der Waals surface area contributed by atoms with Crippen molar-refractivity contribution in [3.8, 4) is 35.4 Å². The van der Waals surface area contributed by atoms with Crippen molar-refractivity contribution in [1.29, 1.82) is 0 Å². The summed E-state index contributed by atoms with van der Waals surface area (Å²) in [5, 5.41) is 5.27. The Morgan fingerprint density at radius 1 is 1.14 bits per heavy atom. The summed E-state index contributed by atoms with van der Waals surface area (Å²) in [6, 6.07) is 4.33. The molecular formula is C43H50F3N7O5. The van der Waals surface area contributed by atoms with Gasteiger partial charge in [0, 0.05) is 43.2 Å². The molecule has 3 saturated heterocycles. The molecule has 1 amide bonds. The van der Waals surface area contributed by atoms with E-state index >= 15 is 8.78 Å². The van der Waals surface area contributed by atoms with E-state index in [1.807, 2.05) is 11.9 Å². The molecule has 12 nitrogen and oxygen atoms in total. The molecule has 3 aliphatic rings. The van der Waals surface area contributed by atoms with Gasteiger partial charge in [0.25, 0.3) is 0 Å². The Hall–Kier alpha value is -5.20. The first-order valence-electron chi connectivity index (χ1n) is 20.0.